The van der Waals surface area contributed by atoms with E-state index in [-0.39, 0.29) is 11.6 Å². The number of aromatic nitrogens is 4. The number of hydrogen-bond donors (Lipinski definition) is 1. The number of carbonyl (C=O) groups excluding carboxylic acids is 2. The fourth-order valence-corrected chi connectivity index (χ4v) is 4.39. The van der Waals surface area contributed by atoms with Gasteiger partial charge in [-0.2, -0.15) is 10.2 Å². The molecule has 0 spiro atoms. The Kier molecular flexibility index (Phi) is 7.38. The van der Waals surface area contributed by atoms with Gasteiger partial charge in [0.05, 0.1) is 47.8 Å². The number of carbonyl (C=O) groups is 2. The number of anilines is 1. The summed E-state index contributed by atoms with van der Waals surface area (Å²) in [6, 6.07) is 14.2. The van der Waals surface area contributed by atoms with Crippen LogP contribution in [0.5, 0.6) is 0 Å². The molecule has 0 aliphatic heterocycles. The van der Waals surface area contributed by atoms with Gasteiger partial charge in [-0.05, 0) is 57.0 Å². The first kappa shape index (κ1) is 26.3. The average Bonchev–Trinajstić information content (AvgIpc) is 3.32. The number of benzene rings is 2. The highest BCUT2D eigenvalue weighted by molar-refractivity contribution is 6.04. The molecule has 0 unspecified atom stereocenters. The number of hydrogen-bond acceptors (Lipinski definition) is 7. The molecule has 0 radical (unpaired) electrons. The van der Waals surface area contributed by atoms with Crippen LogP contribution in [0.25, 0.3) is 0 Å². The van der Waals surface area contributed by atoms with Crippen molar-refractivity contribution in [2.45, 2.75) is 40.8 Å². The van der Waals surface area contributed by atoms with Crippen LogP contribution >= 0.6 is 0 Å². The lowest BCUT2D eigenvalue weighted by Crippen LogP contribution is -2.14. The second-order valence-electron chi connectivity index (χ2n) is 8.94. The normalized spacial score (nSPS) is 10.9. The largest absolute Gasteiger partial charge is 0.465 e. The molecule has 0 saturated heterocycles. The van der Waals surface area contributed by atoms with E-state index in [1.807, 2.05) is 26.0 Å². The van der Waals surface area contributed by atoms with E-state index >= 15 is 0 Å². The predicted molar refractivity (Wildman–Crippen MR) is 140 cm³/mol. The molecule has 0 aliphatic carbocycles. The Morgan fingerprint density at radius 3 is 2.18 bits per heavy atom. The number of methoxy groups -OCH3 is 1. The third-order valence-electron chi connectivity index (χ3n) is 6.44. The van der Waals surface area contributed by atoms with Crippen LogP contribution in [0.15, 0.2) is 48.5 Å². The van der Waals surface area contributed by atoms with Crippen molar-refractivity contribution in [3.63, 3.8) is 0 Å². The van der Waals surface area contributed by atoms with Crippen LogP contribution in [0.2, 0.25) is 0 Å². The minimum Gasteiger partial charge on any atom is -0.465 e. The molecule has 0 atom stereocenters. The van der Waals surface area contributed by atoms with Crippen molar-refractivity contribution in [2.75, 3.05) is 12.4 Å². The van der Waals surface area contributed by atoms with Gasteiger partial charge in [0.1, 0.15) is 11.4 Å². The minimum absolute atomic E-state index is 0.0149. The van der Waals surface area contributed by atoms with E-state index in [0.29, 0.717) is 47.0 Å². The SMILES string of the molecule is COC(=O)c1ccccc1Cn1nc(C)c(NC(=O)c2ccc(Cn3nc(C)c([N+](=O)[O-])c3C)cc2)c1C. The Morgan fingerprint density at radius 1 is 0.921 bits per heavy atom. The molecule has 1 amide bonds. The van der Waals surface area contributed by atoms with Gasteiger partial charge < -0.3 is 10.1 Å². The minimum atomic E-state index is -0.425. The Balaban J connectivity index is 1.49. The van der Waals surface area contributed by atoms with Gasteiger partial charge in [-0.3, -0.25) is 24.3 Å². The van der Waals surface area contributed by atoms with Crippen molar-refractivity contribution in [3.05, 3.63) is 104 Å². The van der Waals surface area contributed by atoms with Crippen molar-refractivity contribution < 1.29 is 19.2 Å². The van der Waals surface area contributed by atoms with Crippen molar-refractivity contribution in [1.29, 1.82) is 0 Å². The van der Waals surface area contributed by atoms with Gasteiger partial charge in [0.2, 0.25) is 0 Å². The smallest absolute Gasteiger partial charge is 0.338 e. The van der Waals surface area contributed by atoms with Gasteiger partial charge in [0.25, 0.3) is 5.91 Å². The summed E-state index contributed by atoms with van der Waals surface area (Å²) in [4.78, 5) is 36.0. The van der Waals surface area contributed by atoms with Gasteiger partial charge in [-0.15, -0.1) is 0 Å². The maximum Gasteiger partial charge on any atom is 0.338 e. The summed E-state index contributed by atoms with van der Waals surface area (Å²) in [5.41, 5.74) is 5.38. The highest BCUT2D eigenvalue weighted by Gasteiger charge is 2.22. The highest BCUT2D eigenvalue weighted by atomic mass is 16.6. The predicted octanol–water partition coefficient (Wildman–Crippen LogP) is 4.36. The number of aryl methyl sites for hydroxylation is 2. The van der Waals surface area contributed by atoms with Crippen LogP contribution in [0.3, 0.4) is 0 Å². The summed E-state index contributed by atoms with van der Waals surface area (Å²) in [5, 5.41) is 23.0. The summed E-state index contributed by atoms with van der Waals surface area (Å²) in [7, 11) is 1.34. The summed E-state index contributed by atoms with van der Waals surface area (Å²) in [6.45, 7) is 7.63. The fourth-order valence-electron chi connectivity index (χ4n) is 4.39. The molecule has 2 aromatic carbocycles. The van der Waals surface area contributed by atoms with Crippen molar-refractivity contribution >= 4 is 23.3 Å². The number of esters is 1. The van der Waals surface area contributed by atoms with E-state index in [1.54, 1.807) is 59.6 Å². The fraction of sp³-hybridized carbons (Fsp3) is 0.259. The molecule has 38 heavy (non-hydrogen) atoms. The van der Waals surface area contributed by atoms with Crippen LogP contribution < -0.4 is 5.32 Å². The molecule has 4 rings (SSSR count). The van der Waals surface area contributed by atoms with E-state index in [0.717, 1.165) is 16.8 Å². The maximum absolute atomic E-state index is 13.0. The van der Waals surface area contributed by atoms with Crippen molar-refractivity contribution in [2.24, 2.45) is 0 Å². The zero-order chi connectivity index (χ0) is 27.6. The van der Waals surface area contributed by atoms with Crippen LogP contribution in [-0.2, 0) is 17.8 Å². The molecule has 196 valence electrons. The molecule has 2 heterocycles. The van der Waals surface area contributed by atoms with Gasteiger partial charge in [0, 0.05) is 5.56 Å². The number of rotatable bonds is 8. The Morgan fingerprint density at radius 2 is 1.55 bits per heavy atom. The Labute approximate surface area is 219 Å². The molecular formula is C27H28N6O5. The second kappa shape index (κ2) is 10.7. The summed E-state index contributed by atoms with van der Waals surface area (Å²) >= 11 is 0. The molecule has 11 nitrogen and oxygen atoms in total. The molecule has 11 heteroatoms. The number of nitrogens with zero attached hydrogens (tertiary/aromatic N) is 5. The van der Waals surface area contributed by atoms with E-state index in [1.165, 1.54) is 7.11 Å². The molecule has 0 bridgehead atoms. The molecule has 2 aromatic heterocycles. The highest BCUT2D eigenvalue weighted by Crippen LogP contribution is 2.24. The van der Waals surface area contributed by atoms with E-state index < -0.39 is 10.9 Å². The van der Waals surface area contributed by atoms with Crippen LogP contribution in [0.4, 0.5) is 11.4 Å². The molecule has 0 fully saturated rings. The summed E-state index contributed by atoms with van der Waals surface area (Å²) < 4.78 is 8.21. The van der Waals surface area contributed by atoms with E-state index in [9.17, 15) is 19.7 Å². The van der Waals surface area contributed by atoms with Gasteiger partial charge in [-0.25, -0.2) is 4.79 Å². The summed E-state index contributed by atoms with van der Waals surface area (Å²) in [6.07, 6.45) is 0. The first-order valence-electron chi connectivity index (χ1n) is 11.9. The molecule has 0 saturated carbocycles. The molecule has 1 N–H and O–H groups in total. The molecule has 0 aliphatic rings. The first-order chi connectivity index (χ1) is 18.1. The number of nitrogens with one attached hydrogen (secondary N) is 1. The maximum atomic E-state index is 13.0. The quantitative estimate of drug-likeness (QED) is 0.209. The standard InChI is InChI=1S/C27H28N6O5/c1-16-24(18(3)32(29-16)15-22-8-6-7-9-23(22)27(35)38-5)28-26(34)21-12-10-20(11-13-21)14-31-19(4)25(33(36)37)17(2)30-31/h6-13H,14-15H2,1-5H3,(H,28,34). The third-order valence-corrected chi connectivity index (χ3v) is 6.44. The van der Waals surface area contributed by atoms with Crippen molar-refractivity contribution in [1.82, 2.24) is 19.6 Å². The first-order valence-corrected chi connectivity index (χ1v) is 11.9. The second-order valence-corrected chi connectivity index (χ2v) is 8.94. The zero-order valence-electron chi connectivity index (χ0n) is 21.8. The third kappa shape index (κ3) is 5.17. The Bertz CT molecular complexity index is 1530. The topological polar surface area (TPSA) is 134 Å². The van der Waals surface area contributed by atoms with E-state index in [2.05, 4.69) is 15.5 Å². The number of ether oxygens (including phenoxy) is 1. The van der Waals surface area contributed by atoms with E-state index in [4.69, 9.17) is 4.74 Å². The number of nitro groups is 1. The van der Waals surface area contributed by atoms with Crippen LogP contribution in [-0.4, -0.2) is 43.5 Å². The number of amides is 1. The summed E-state index contributed by atoms with van der Waals surface area (Å²) in [5.74, 6) is -0.714. The lowest BCUT2D eigenvalue weighted by atomic mass is 10.1. The molecule has 4 aromatic rings. The van der Waals surface area contributed by atoms with Gasteiger partial charge >= 0.3 is 11.7 Å². The average molecular weight is 517 g/mol. The van der Waals surface area contributed by atoms with Crippen LogP contribution in [0, 0.1) is 37.8 Å². The van der Waals surface area contributed by atoms with Gasteiger partial charge in [-0.1, -0.05) is 30.3 Å². The monoisotopic (exact) mass is 516 g/mol. The van der Waals surface area contributed by atoms with Crippen LogP contribution in [0.1, 0.15) is 54.6 Å². The zero-order valence-corrected chi connectivity index (χ0v) is 21.8. The van der Waals surface area contributed by atoms with Gasteiger partial charge in [0.15, 0.2) is 0 Å². The molecular weight excluding hydrogens is 488 g/mol. The lowest BCUT2D eigenvalue weighted by molar-refractivity contribution is -0.386. The Hall–Kier alpha value is -4.80. The van der Waals surface area contributed by atoms with Crippen molar-refractivity contribution in [3.8, 4) is 0 Å². The lowest BCUT2D eigenvalue weighted by Gasteiger charge is -2.10.